The van der Waals surface area contributed by atoms with Crippen LogP contribution in [0.5, 0.6) is 0 Å². The number of aromatic nitrogens is 1. The van der Waals surface area contributed by atoms with Crippen LogP contribution >= 0.6 is 0 Å². The lowest BCUT2D eigenvalue weighted by Crippen LogP contribution is -1.97. The van der Waals surface area contributed by atoms with Crippen molar-refractivity contribution in [3.8, 4) is 11.1 Å². The van der Waals surface area contributed by atoms with Crippen LogP contribution in [0, 0.1) is 0 Å². The zero-order valence-corrected chi connectivity index (χ0v) is 11.8. The summed E-state index contributed by atoms with van der Waals surface area (Å²) in [6.07, 6.45) is 5.24. The average Bonchev–Trinajstić information content (AvgIpc) is 2.91. The van der Waals surface area contributed by atoms with Crippen molar-refractivity contribution in [3.63, 3.8) is 0 Å². The number of fused-ring (bicyclic) bond motifs is 3. The summed E-state index contributed by atoms with van der Waals surface area (Å²) in [6, 6.07) is 20.4. The van der Waals surface area contributed by atoms with Crippen molar-refractivity contribution in [1.82, 2.24) is 4.98 Å². The molecule has 1 aliphatic rings. The molecule has 3 heteroatoms. The Labute approximate surface area is 128 Å². The van der Waals surface area contributed by atoms with Gasteiger partial charge in [-0.15, -0.1) is 5.10 Å². The fraction of sp³-hybridized carbons (Fsp3) is 0. The van der Waals surface area contributed by atoms with Crippen LogP contribution in [-0.4, -0.2) is 16.9 Å². The van der Waals surface area contributed by atoms with Gasteiger partial charge in [0, 0.05) is 23.5 Å². The Morgan fingerprint density at radius 3 is 1.82 bits per heavy atom. The smallest absolute Gasteiger partial charge is 0.101 e. The Kier molecular flexibility index (Phi) is 3.09. The maximum absolute atomic E-state index is 4.47. The second kappa shape index (κ2) is 5.37. The average molecular weight is 283 g/mol. The summed E-state index contributed by atoms with van der Waals surface area (Å²) in [5.41, 5.74) is 6.62. The van der Waals surface area contributed by atoms with Crippen molar-refractivity contribution in [2.45, 2.75) is 0 Å². The molecule has 22 heavy (non-hydrogen) atoms. The van der Waals surface area contributed by atoms with Crippen molar-refractivity contribution in [3.05, 3.63) is 89.7 Å². The number of hydrogen-bond donors (Lipinski definition) is 0. The van der Waals surface area contributed by atoms with Crippen LogP contribution in [0.1, 0.15) is 16.7 Å². The number of nitrogens with zero attached hydrogens (tertiary/aromatic N) is 3. The fourth-order valence-corrected chi connectivity index (χ4v) is 2.70. The third-order valence-electron chi connectivity index (χ3n) is 3.73. The zero-order chi connectivity index (χ0) is 14.8. The topological polar surface area (TPSA) is 37.6 Å². The lowest BCUT2D eigenvalue weighted by Gasteiger charge is -1.98. The molecule has 3 nitrogen and oxygen atoms in total. The molecule has 0 atom stereocenters. The molecule has 4 rings (SSSR count). The summed E-state index contributed by atoms with van der Waals surface area (Å²) in [5.74, 6) is 0. The first-order chi connectivity index (χ1) is 10.9. The highest BCUT2D eigenvalue weighted by Crippen LogP contribution is 2.36. The molecule has 1 heterocycles. The van der Waals surface area contributed by atoms with Gasteiger partial charge < -0.3 is 0 Å². The fourth-order valence-electron chi connectivity index (χ4n) is 2.70. The van der Waals surface area contributed by atoms with Gasteiger partial charge in [-0.1, -0.05) is 48.5 Å². The third kappa shape index (κ3) is 2.13. The van der Waals surface area contributed by atoms with Gasteiger partial charge in [0.05, 0.1) is 6.21 Å². The first-order valence-corrected chi connectivity index (χ1v) is 7.14. The van der Waals surface area contributed by atoms with Crippen molar-refractivity contribution in [1.29, 1.82) is 0 Å². The van der Waals surface area contributed by atoms with Crippen LogP contribution in [0.15, 0.2) is 83.3 Å². The van der Waals surface area contributed by atoms with E-state index in [0.717, 1.165) is 22.4 Å². The van der Waals surface area contributed by atoms with E-state index in [2.05, 4.69) is 51.6 Å². The molecule has 0 fully saturated rings. The van der Waals surface area contributed by atoms with Crippen molar-refractivity contribution in [2.75, 3.05) is 0 Å². The van der Waals surface area contributed by atoms with Gasteiger partial charge in [0.2, 0.25) is 0 Å². The van der Waals surface area contributed by atoms with Gasteiger partial charge in [-0.05, 0) is 28.8 Å². The summed E-state index contributed by atoms with van der Waals surface area (Å²) in [5, 5.41) is 8.72. The second-order valence-corrected chi connectivity index (χ2v) is 5.06. The molecule has 3 aromatic rings. The van der Waals surface area contributed by atoms with Gasteiger partial charge >= 0.3 is 0 Å². The quantitative estimate of drug-likeness (QED) is 0.405. The summed E-state index contributed by atoms with van der Waals surface area (Å²) in [4.78, 5) is 3.99. The van der Waals surface area contributed by atoms with Crippen molar-refractivity contribution in [2.24, 2.45) is 10.2 Å². The van der Waals surface area contributed by atoms with Crippen molar-refractivity contribution >= 4 is 11.9 Å². The van der Waals surface area contributed by atoms with Gasteiger partial charge in [0.15, 0.2) is 0 Å². The summed E-state index contributed by atoms with van der Waals surface area (Å²) in [7, 11) is 0. The predicted molar refractivity (Wildman–Crippen MR) is 89.3 cm³/mol. The summed E-state index contributed by atoms with van der Waals surface area (Å²) in [6.45, 7) is 0. The molecule has 2 aromatic carbocycles. The Bertz CT molecular complexity index is 832. The van der Waals surface area contributed by atoms with E-state index in [1.807, 2.05) is 24.3 Å². The molecule has 0 amide bonds. The Balaban J connectivity index is 1.78. The standard InChI is InChI=1S/C19H13N3/c1-3-7-17-15(5-1)16-6-2-4-8-18(16)19(17)22-21-13-14-9-11-20-12-10-14/h1-13H/b21-13-. The molecule has 0 bridgehead atoms. The second-order valence-electron chi connectivity index (χ2n) is 5.06. The van der Waals surface area contributed by atoms with E-state index in [9.17, 15) is 0 Å². The Hall–Kier alpha value is -3.07. The minimum Gasteiger partial charge on any atom is -0.265 e. The highest BCUT2D eigenvalue weighted by molar-refractivity contribution is 6.24. The monoisotopic (exact) mass is 283 g/mol. The molecule has 1 aromatic heterocycles. The van der Waals surface area contributed by atoms with E-state index in [4.69, 9.17) is 0 Å². The van der Waals surface area contributed by atoms with Crippen molar-refractivity contribution < 1.29 is 0 Å². The van der Waals surface area contributed by atoms with E-state index in [0.29, 0.717) is 0 Å². The molecule has 0 saturated heterocycles. The summed E-state index contributed by atoms with van der Waals surface area (Å²) >= 11 is 0. The van der Waals surface area contributed by atoms with Crippen LogP contribution in [0.2, 0.25) is 0 Å². The molecule has 0 aliphatic heterocycles. The molecule has 0 spiro atoms. The largest absolute Gasteiger partial charge is 0.265 e. The third-order valence-corrected chi connectivity index (χ3v) is 3.73. The normalized spacial score (nSPS) is 12.3. The minimum absolute atomic E-state index is 0.927. The number of benzene rings is 2. The van der Waals surface area contributed by atoms with E-state index in [-0.39, 0.29) is 0 Å². The molecule has 0 radical (unpaired) electrons. The SMILES string of the molecule is C(=N/N=C1c2ccccc2-c2ccccc21)/c1ccncc1. The zero-order valence-electron chi connectivity index (χ0n) is 11.8. The highest BCUT2D eigenvalue weighted by Gasteiger charge is 2.23. The molecule has 0 unspecified atom stereocenters. The van der Waals surface area contributed by atoms with Gasteiger partial charge in [-0.3, -0.25) is 4.98 Å². The van der Waals surface area contributed by atoms with Crippen LogP contribution in [0.25, 0.3) is 11.1 Å². The highest BCUT2D eigenvalue weighted by atomic mass is 15.2. The van der Waals surface area contributed by atoms with Gasteiger partial charge in [0.1, 0.15) is 5.71 Å². The first kappa shape index (κ1) is 12.7. The molecule has 0 N–H and O–H groups in total. The van der Waals surface area contributed by atoms with Crippen LogP contribution in [0.4, 0.5) is 0 Å². The van der Waals surface area contributed by atoms with E-state index >= 15 is 0 Å². The maximum atomic E-state index is 4.47. The molecule has 104 valence electrons. The van der Waals surface area contributed by atoms with Crippen LogP contribution in [0.3, 0.4) is 0 Å². The number of pyridine rings is 1. The lowest BCUT2D eigenvalue weighted by atomic mass is 10.1. The van der Waals surface area contributed by atoms with Crippen LogP contribution < -0.4 is 0 Å². The minimum atomic E-state index is 0.927. The number of hydrogen-bond acceptors (Lipinski definition) is 3. The summed E-state index contributed by atoms with van der Waals surface area (Å²) < 4.78 is 0. The lowest BCUT2D eigenvalue weighted by molar-refractivity contribution is 1.24. The Morgan fingerprint density at radius 2 is 1.23 bits per heavy atom. The maximum Gasteiger partial charge on any atom is 0.101 e. The van der Waals surface area contributed by atoms with E-state index in [1.165, 1.54) is 11.1 Å². The van der Waals surface area contributed by atoms with Crippen LogP contribution in [-0.2, 0) is 0 Å². The van der Waals surface area contributed by atoms with Gasteiger partial charge in [-0.25, -0.2) is 0 Å². The number of rotatable bonds is 2. The predicted octanol–water partition coefficient (Wildman–Crippen LogP) is 3.93. The first-order valence-electron chi connectivity index (χ1n) is 7.14. The van der Waals surface area contributed by atoms with Gasteiger partial charge in [-0.2, -0.15) is 5.10 Å². The molecule has 1 aliphatic carbocycles. The molecular weight excluding hydrogens is 270 g/mol. The molecular formula is C19H13N3. The molecule has 0 saturated carbocycles. The van der Waals surface area contributed by atoms with E-state index in [1.54, 1.807) is 18.6 Å². The Morgan fingerprint density at radius 1 is 0.682 bits per heavy atom. The van der Waals surface area contributed by atoms with Gasteiger partial charge in [0.25, 0.3) is 0 Å². The van der Waals surface area contributed by atoms with E-state index < -0.39 is 0 Å².